The zero-order valence-electron chi connectivity index (χ0n) is 9.91. The average Bonchev–Trinajstić information content (AvgIpc) is 2.83. The second-order valence-corrected chi connectivity index (χ2v) is 5.88. The molecule has 1 heterocycles. The highest BCUT2D eigenvalue weighted by atomic mass is 32.1. The SMILES string of the molecule is CC1(C)OB(C(NS)C2CC2)OC1(C)C. The van der Waals surface area contributed by atoms with Crippen LogP contribution in [-0.2, 0) is 9.31 Å². The largest absolute Gasteiger partial charge is 0.477 e. The fourth-order valence-electron chi connectivity index (χ4n) is 1.88. The average molecular weight is 229 g/mol. The Labute approximate surface area is 98.0 Å². The van der Waals surface area contributed by atoms with E-state index in [0.717, 1.165) is 0 Å². The maximum atomic E-state index is 5.98. The molecular formula is C10H20BNO2S. The number of rotatable bonds is 3. The van der Waals surface area contributed by atoms with Crippen LogP contribution in [0.1, 0.15) is 40.5 Å². The molecule has 1 aliphatic heterocycles. The summed E-state index contributed by atoms with van der Waals surface area (Å²) in [5, 5.41) is 0. The third kappa shape index (κ3) is 2.07. The van der Waals surface area contributed by atoms with Crippen LogP contribution in [-0.4, -0.2) is 24.3 Å². The molecule has 1 aliphatic carbocycles. The van der Waals surface area contributed by atoms with E-state index in [1.807, 2.05) is 0 Å². The van der Waals surface area contributed by atoms with Crippen molar-refractivity contribution < 1.29 is 9.31 Å². The summed E-state index contributed by atoms with van der Waals surface area (Å²) in [4.78, 5) is 0. The van der Waals surface area contributed by atoms with E-state index in [2.05, 4.69) is 45.2 Å². The van der Waals surface area contributed by atoms with Gasteiger partial charge in [0.25, 0.3) is 0 Å². The first-order chi connectivity index (χ1) is 6.87. The Bertz CT molecular complexity index is 240. The normalized spacial score (nSPS) is 30.6. The molecule has 86 valence electrons. The van der Waals surface area contributed by atoms with Crippen LogP contribution in [0, 0.1) is 5.92 Å². The molecule has 5 heteroatoms. The van der Waals surface area contributed by atoms with Crippen LogP contribution in [0.3, 0.4) is 0 Å². The molecule has 1 atom stereocenters. The molecule has 0 aromatic rings. The van der Waals surface area contributed by atoms with Gasteiger partial charge >= 0.3 is 7.12 Å². The minimum absolute atomic E-state index is 0.167. The molecule has 0 aromatic heterocycles. The van der Waals surface area contributed by atoms with Crippen LogP contribution in [0.25, 0.3) is 0 Å². The van der Waals surface area contributed by atoms with Gasteiger partial charge in [-0.05, 0) is 46.5 Å². The first-order valence-electron chi connectivity index (χ1n) is 5.63. The lowest BCUT2D eigenvalue weighted by Gasteiger charge is -2.32. The molecule has 1 saturated carbocycles. The van der Waals surface area contributed by atoms with E-state index < -0.39 is 0 Å². The molecule has 0 amide bonds. The lowest BCUT2D eigenvalue weighted by molar-refractivity contribution is 0.00578. The summed E-state index contributed by atoms with van der Waals surface area (Å²) in [5.74, 6) is 0.881. The molecule has 0 radical (unpaired) electrons. The van der Waals surface area contributed by atoms with E-state index in [1.165, 1.54) is 12.8 Å². The second kappa shape index (κ2) is 3.65. The number of hydrogen-bond acceptors (Lipinski definition) is 4. The van der Waals surface area contributed by atoms with Crippen LogP contribution in [0.2, 0.25) is 0 Å². The van der Waals surface area contributed by atoms with E-state index in [1.54, 1.807) is 0 Å². The highest BCUT2D eigenvalue weighted by Crippen LogP contribution is 2.42. The van der Waals surface area contributed by atoms with Gasteiger partial charge in [-0.25, -0.2) is 0 Å². The molecule has 1 saturated heterocycles. The van der Waals surface area contributed by atoms with Crippen molar-refractivity contribution in [3.63, 3.8) is 0 Å². The van der Waals surface area contributed by atoms with Crippen molar-refractivity contribution >= 4 is 19.9 Å². The summed E-state index contributed by atoms with van der Waals surface area (Å²) in [6.45, 7) is 8.32. The Morgan fingerprint density at radius 3 is 2.00 bits per heavy atom. The molecule has 0 aromatic carbocycles. The zero-order chi connectivity index (χ0) is 11.3. The van der Waals surface area contributed by atoms with Crippen LogP contribution >= 0.6 is 12.8 Å². The minimum atomic E-state index is -0.241. The Balaban J connectivity index is 2.07. The smallest absolute Gasteiger partial charge is 0.402 e. The van der Waals surface area contributed by atoms with Crippen molar-refractivity contribution in [3.05, 3.63) is 0 Å². The van der Waals surface area contributed by atoms with Gasteiger partial charge in [-0.2, -0.15) is 0 Å². The maximum Gasteiger partial charge on any atom is 0.477 e. The van der Waals surface area contributed by atoms with E-state index in [9.17, 15) is 0 Å². The summed E-state index contributed by atoms with van der Waals surface area (Å²) in [6, 6.07) is 0. The van der Waals surface area contributed by atoms with E-state index in [0.29, 0.717) is 5.92 Å². The van der Waals surface area contributed by atoms with Crippen molar-refractivity contribution in [3.8, 4) is 0 Å². The third-order valence-corrected chi connectivity index (χ3v) is 4.14. The predicted octanol–water partition coefficient (Wildman–Crippen LogP) is 1.83. The molecule has 2 rings (SSSR count). The Hall–Kier alpha value is 0.295. The Kier molecular flexibility index (Phi) is 2.87. The summed E-state index contributed by atoms with van der Waals surface area (Å²) in [5.41, 5.74) is -0.481. The van der Waals surface area contributed by atoms with Crippen molar-refractivity contribution in [2.24, 2.45) is 5.92 Å². The summed E-state index contributed by atoms with van der Waals surface area (Å²) < 4.78 is 15.0. The van der Waals surface area contributed by atoms with Crippen molar-refractivity contribution in [1.82, 2.24) is 4.72 Å². The topological polar surface area (TPSA) is 30.5 Å². The van der Waals surface area contributed by atoms with Crippen LogP contribution < -0.4 is 4.72 Å². The highest BCUT2D eigenvalue weighted by Gasteiger charge is 2.56. The molecule has 15 heavy (non-hydrogen) atoms. The van der Waals surface area contributed by atoms with Crippen molar-refractivity contribution in [2.75, 3.05) is 0 Å². The molecule has 2 fully saturated rings. The predicted molar refractivity (Wildman–Crippen MR) is 64.7 cm³/mol. The summed E-state index contributed by atoms with van der Waals surface area (Å²) >= 11 is 4.17. The Morgan fingerprint density at radius 1 is 1.20 bits per heavy atom. The van der Waals surface area contributed by atoms with Gasteiger partial charge in [0.15, 0.2) is 0 Å². The minimum Gasteiger partial charge on any atom is -0.402 e. The van der Waals surface area contributed by atoms with Crippen molar-refractivity contribution in [1.29, 1.82) is 0 Å². The van der Waals surface area contributed by atoms with E-state index >= 15 is 0 Å². The third-order valence-electron chi connectivity index (χ3n) is 3.84. The fraction of sp³-hybridized carbons (Fsp3) is 1.00. The van der Waals surface area contributed by atoms with Gasteiger partial charge in [-0.1, -0.05) is 12.8 Å². The molecule has 0 spiro atoms. The zero-order valence-corrected chi connectivity index (χ0v) is 10.8. The molecule has 3 nitrogen and oxygen atoms in total. The van der Waals surface area contributed by atoms with Gasteiger partial charge in [-0.3, -0.25) is 4.72 Å². The number of nitrogens with one attached hydrogen (secondary N) is 1. The molecule has 1 N–H and O–H groups in total. The van der Waals surface area contributed by atoms with E-state index in [4.69, 9.17) is 9.31 Å². The van der Waals surface area contributed by atoms with Crippen LogP contribution in [0.4, 0.5) is 0 Å². The highest BCUT2D eigenvalue weighted by molar-refractivity contribution is 7.78. The summed E-state index contributed by atoms with van der Waals surface area (Å²) in [7, 11) is -0.167. The molecular weight excluding hydrogens is 209 g/mol. The molecule has 2 aliphatic rings. The van der Waals surface area contributed by atoms with Crippen molar-refractivity contribution in [2.45, 2.75) is 57.7 Å². The van der Waals surface area contributed by atoms with Gasteiger partial charge in [-0.15, -0.1) is 0 Å². The first kappa shape index (κ1) is 11.8. The number of hydrogen-bond donors (Lipinski definition) is 2. The lowest BCUT2D eigenvalue weighted by atomic mass is 9.76. The molecule has 1 unspecified atom stereocenters. The standard InChI is InChI=1S/C10H20BNO2S/c1-9(2)10(3,4)14-11(13-9)8(12-15)7-5-6-7/h7-8,12,15H,5-6H2,1-4H3. The van der Waals surface area contributed by atoms with Gasteiger partial charge in [0, 0.05) is 0 Å². The van der Waals surface area contributed by atoms with Gasteiger partial charge in [0.05, 0.1) is 17.1 Å². The van der Waals surface area contributed by atoms with Gasteiger partial charge in [0.2, 0.25) is 0 Å². The Morgan fingerprint density at radius 2 is 1.67 bits per heavy atom. The van der Waals surface area contributed by atoms with E-state index in [-0.39, 0.29) is 24.3 Å². The van der Waals surface area contributed by atoms with Crippen LogP contribution in [0.15, 0.2) is 0 Å². The maximum absolute atomic E-state index is 5.98. The van der Waals surface area contributed by atoms with Gasteiger partial charge in [0.1, 0.15) is 0 Å². The first-order valence-corrected chi connectivity index (χ1v) is 6.07. The van der Waals surface area contributed by atoms with Gasteiger partial charge < -0.3 is 9.31 Å². The van der Waals surface area contributed by atoms with Crippen LogP contribution in [0.5, 0.6) is 0 Å². The monoisotopic (exact) mass is 229 g/mol. The number of thiol groups is 1. The molecule has 0 bridgehead atoms. The summed E-state index contributed by atoms with van der Waals surface area (Å²) in [6.07, 6.45) is 2.50. The lowest BCUT2D eigenvalue weighted by Crippen LogP contribution is -2.43. The quantitative estimate of drug-likeness (QED) is 0.571. The second-order valence-electron chi connectivity index (χ2n) is 5.62. The fourth-order valence-corrected chi connectivity index (χ4v) is 2.21.